The number of nitrogens with zero attached hydrogens (tertiary/aromatic N) is 3. The summed E-state index contributed by atoms with van der Waals surface area (Å²) in [5.41, 5.74) is 4.66. The first-order valence-electron chi connectivity index (χ1n) is 11.0. The van der Waals surface area contributed by atoms with Crippen LogP contribution in [0.25, 0.3) is 11.0 Å². The van der Waals surface area contributed by atoms with Gasteiger partial charge in [-0.25, -0.2) is 9.98 Å². The number of aromatic nitrogens is 2. The smallest absolute Gasteiger partial charge is 0.191 e. The normalized spacial score (nSPS) is 22.5. The summed E-state index contributed by atoms with van der Waals surface area (Å²) in [5.74, 6) is 0.882. The molecular formula is C24H30IN5O. The van der Waals surface area contributed by atoms with Gasteiger partial charge in [0.25, 0.3) is 0 Å². The predicted molar refractivity (Wildman–Crippen MR) is 135 cm³/mol. The third kappa shape index (κ3) is 5.03. The minimum absolute atomic E-state index is 0. The molecule has 0 spiro atoms. The van der Waals surface area contributed by atoms with Crippen LogP contribution in [0.5, 0.6) is 0 Å². The second kappa shape index (κ2) is 9.99. The van der Waals surface area contributed by atoms with Crippen molar-refractivity contribution in [1.82, 2.24) is 20.2 Å². The molecule has 1 aromatic heterocycles. The molecule has 2 bridgehead atoms. The highest BCUT2D eigenvalue weighted by Crippen LogP contribution is 2.34. The van der Waals surface area contributed by atoms with Crippen LogP contribution in [-0.4, -0.2) is 40.3 Å². The summed E-state index contributed by atoms with van der Waals surface area (Å²) in [5, 5.41) is 6.95. The molecule has 164 valence electrons. The molecule has 3 atom stereocenters. The molecule has 3 aromatic rings. The second-order valence-electron chi connectivity index (χ2n) is 8.23. The van der Waals surface area contributed by atoms with Crippen molar-refractivity contribution >= 4 is 41.0 Å². The molecule has 2 aromatic carbocycles. The van der Waals surface area contributed by atoms with Gasteiger partial charge in [0.1, 0.15) is 0 Å². The van der Waals surface area contributed by atoms with E-state index >= 15 is 0 Å². The molecule has 0 saturated carbocycles. The highest BCUT2D eigenvalue weighted by atomic mass is 127. The Labute approximate surface area is 200 Å². The summed E-state index contributed by atoms with van der Waals surface area (Å²) >= 11 is 0. The van der Waals surface area contributed by atoms with Gasteiger partial charge in [0.2, 0.25) is 0 Å². The Morgan fingerprint density at radius 1 is 1.13 bits per heavy atom. The Balaban J connectivity index is 0.00000231. The van der Waals surface area contributed by atoms with Gasteiger partial charge in [0.05, 0.1) is 42.2 Å². The van der Waals surface area contributed by atoms with Gasteiger partial charge in [-0.1, -0.05) is 36.4 Å². The average Bonchev–Trinajstić information content (AvgIpc) is 3.50. The number of nitrogens with one attached hydrogen (secondary N) is 2. The Hall–Kier alpha value is -2.13. The predicted octanol–water partition coefficient (Wildman–Crippen LogP) is 4.08. The fourth-order valence-electron chi connectivity index (χ4n) is 4.54. The Morgan fingerprint density at radius 2 is 1.94 bits per heavy atom. The van der Waals surface area contributed by atoms with Crippen LogP contribution in [-0.2, 0) is 17.8 Å². The molecule has 7 heteroatoms. The van der Waals surface area contributed by atoms with E-state index in [0.29, 0.717) is 24.8 Å². The van der Waals surface area contributed by atoms with Crippen molar-refractivity contribution in [1.29, 1.82) is 0 Å². The van der Waals surface area contributed by atoms with Crippen molar-refractivity contribution < 1.29 is 4.74 Å². The number of fused-ring (bicyclic) bond motifs is 3. The second-order valence-corrected chi connectivity index (χ2v) is 8.23. The fourth-order valence-corrected chi connectivity index (χ4v) is 4.54. The number of halogens is 1. The van der Waals surface area contributed by atoms with Crippen molar-refractivity contribution in [3.63, 3.8) is 0 Å². The van der Waals surface area contributed by atoms with Crippen molar-refractivity contribution in [2.45, 2.75) is 57.5 Å². The topological polar surface area (TPSA) is 63.5 Å². The molecule has 2 saturated heterocycles. The van der Waals surface area contributed by atoms with Gasteiger partial charge >= 0.3 is 0 Å². The number of guanidine groups is 1. The SMILES string of the molecule is CCNC(=NCc1ccc(Cn2cnc3ccccc32)cc1)NC1CC2CCC1O2.I. The lowest BCUT2D eigenvalue weighted by Gasteiger charge is -2.22. The van der Waals surface area contributed by atoms with Crippen molar-refractivity contribution in [3.8, 4) is 0 Å². The standard InChI is InChI=1S/C24H29N5O.HI/c1-2-25-24(28-21-13-19-11-12-23(21)30-19)26-14-17-7-9-18(10-8-17)15-29-16-27-20-5-3-4-6-22(20)29;/h3-10,16,19,21,23H,2,11-15H2,1H3,(H2,25,26,28);1H. The molecule has 3 unspecified atom stereocenters. The van der Waals surface area contributed by atoms with E-state index in [2.05, 4.69) is 63.5 Å². The van der Waals surface area contributed by atoms with Crippen LogP contribution >= 0.6 is 24.0 Å². The van der Waals surface area contributed by atoms with Crippen molar-refractivity contribution in [2.75, 3.05) is 6.54 Å². The van der Waals surface area contributed by atoms with Gasteiger partial charge in [-0.3, -0.25) is 0 Å². The highest BCUT2D eigenvalue weighted by molar-refractivity contribution is 14.0. The van der Waals surface area contributed by atoms with Gasteiger partial charge in [-0.05, 0) is 49.4 Å². The van der Waals surface area contributed by atoms with E-state index in [1.165, 1.54) is 17.5 Å². The molecule has 2 aliphatic heterocycles. The maximum absolute atomic E-state index is 5.96. The molecular weight excluding hydrogens is 501 g/mol. The van der Waals surface area contributed by atoms with Crippen molar-refractivity contribution in [2.24, 2.45) is 4.99 Å². The van der Waals surface area contributed by atoms with Crippen LogP contribution in [0.4, 0.5) is 0 Å². The largest absolute Gasteiger partial charge is 0.373 e. The molecule has 2 aliphatic rings. The highest BCUT2D eigenvalue weighted by Gasteiger charge is 2.41. The molecule has 3 heterocycles. The first-order valence-corrected chi connectivity index (χ1v) is 11.0. The average molecular weight is 531 g/mol. The van der Waals surface area contributed by atoms with Gasteiger partial charge < -0.3 is 19.9 Å². The number of aliphatic imine (C=N–C) groups is 1. The van der Waals surface area contributed by atoms with Crippen LogP contribution in [0, 0.1) is 0 Å². The minimum Gasteiger partial charge on any atom is -0.373 e. The van der Waals surface area contributed by atoms with Crippen LogP contribution in [0.15, 0.2) is 59.9 Å². The zero-order valence-electron chi connectivity index (χ0n) is 17.8. The summed E-state index contributed by atoms with van der Waals surface area (Å²) in [4.78, 5) is 9.28. The molecule has 31 heavy (non-hydrogen) atoms. The lowest BCUT2D eigenvalue weighted by molar-refractivity contribution is 0.0992. The Bertz CT molecular complexity index is 1030. The minimum atomic E-state index is 0. The summed E-state index contributed by atoms with van der Waals surface area (Å²) in [6.07, 6.45) is 6.16. The van der Waals surface area contributed by atoms with Gasteiger partial charge in [-0.2, -0.15) is 0 Å². The molecule has 5 rings (SSSR count). The third-order valence-electron chi connectivity index (χ3n) is 6.10. The number of hydrogen-bond acceptors (Lipinski definition) is 3. The molecule has 6 nitrogen and oxygen atoms in total. The number of hydrogen-bond donors (Lipinski definition) is 2. The van der Waals surface area contributed by atoms with Crippen LogP contribution in [0.2, 0.25) is 0 Å². The monoisotopic (exact) mass is 531 g/mol. The molecule has 0 amide bonds. The van der Waals surface area contributed by atoms with E-state index in [-0.39, 0.29) is 24.0 Å². The number of benzene rings is 2. The van der Waals surface area contributed by atoms with E-state index in [9.17, 15) is 0 Å². The van der Waals surface area contributed by atoms with Crippen LogP contribution in [0.1, 0.15) is 37.3 Å². The fraction of sp³-hybridized carbons (Fsp3) is 0.417. The molecule has 2 N–H and O–H groups in total. The van der Waals surface area contributed by atoms with Crippen LogP contribution in [0.3, 0.4) is 0 Å². The lowest BCUT2D eigenvalue weighted by atomic mass is 9.96. The summed E-state index contributed by atoms with van der Waals surface area (Å²) in [7, 11) is 0. The maximum atomic E-state index is 5.96. The Morgan fingerprint density at radius 3 is 2.68 bits per heavy atom. The van der Waals surface area contributed by atoms with E-state index in [1.807, 2.05) is 18.5 Å². The van der Waals surface area contributed by atoms with E-state index in [0.717, 1.165) is 42.9 Å². The summed E-state index contributed by atoms with van der Waals surface area (Å²) < 4.78 is 8.15. The van der Waals surface area contributed by atoms with Crippen molar-refractivity contribution in [3.05, 3.63) is 66.0 Å². The third-order valence-corrected chi connectivity index (χ3v) is 6.10. The van der Waals surface area contributed by atoms with Gasteiger partial charge in [0, 0.05) is 13.1 Å². The van der Waals surface area contributed by atoms with E-state index in [1.54, 1.807) is 0 Å². The number of rotatable bonds is 6. The molecule has 2 fully saturated rings. The maximum Gasteiger partial charge on any atom is 0.191 e. The zero-order chi connectivity index (χ0) is 20.3. The van der Waals surface area contributed by atoms with E-state index < -0.39 is 0 Å². The van der Waals surface area contributed by atoms with Crippen LogP contribution < -0.4 is 10.6 Å². The zero-order valence-corrected chi connectivity index (χ0v) is 20.2. The summed E-state index contributed by atoms with van der Waals surface area (Å²) in [6, 6.07) is 17.3. The van der Waals surface area contributed by atoms with Gasteiger partial charge in [0.15, 0.2) is 5.96 Å². The van der Waals surface area contributed by atoms with Gasteiger partial charge in [-0.15, -0.1) is 24.0 Å². The molecule has 0 radical (unpaired) electrons. The first kappa shape index (κ1) is 22.1. The lowest BCUT2D eigenvalue weighted by Crippen LogP contribution is -2.47. The quantitative estimate of drug-likeness (QED) is 0.286. The Kier molecular flexibility index (Phi) is 7.12. The number of ether oxygens (including phenoxy) is 1. The van der Waals surface area contributed by atoms with E-state index in [4.69, 9.17) is 9.73 Å². The summed E-state index contributed by atoms with van der Waals surface area (Å²) in [6.45, 7) is 4.43. The molecule has 0 aliphatic carbocycles. The number of para-hydroxylation sites is 2. The number of imidazole rings is 1. The first-order chi connectivity index (χ1) is 14.8.